The molecule has 0 saturated carbocycles. The number of ether oxygens (including phenoxy) is 1. The highest BCUT2D eigenvalue weighted by Crippen LogP contribution is 2.23. The van der Waals surface area contributed by atoms with E-state index in [0.717, 1.165) is 17.1 Å². The van der Waals surface area contributed by atoms with E-state index in [1.807, 2.05) is 36.4 Å². The van der Waals surface area contributed by atoms with Gasteiger partial charge in [0.2, 0.25) is 0 Å². The lowest BCUT2D eigenvalue weighted by Gasteiger charge is -2.09. The molecule has 144 valence electrons. The van der Waals surface area contributed by atoms with Gasteiger partial charge in [0.15, 0.2) is 10.9 Å². The van der Waals surface area contributed by atoms with Crippen molar-refractivity contribution in [2.24, 2.45) is 0 Å². The van der Waals surface area contributed by atoms with Crippen molar-refractivity contribution >= 4 is 29.3 Å². The Morgan fingerprint density at radius 3 is 2.64 bits per heavy atom. The van der Waals surface area contributed by atoms with Crippen LogP contribution in [0.25, 0.3) is 0 Å². The fraction of sp³-hybridized carbons (Fsp3) is 0.190. The summed E-state index contributed by atoms with van der Waals surface area (Å²) in [6.45, 7) is 2.44. The minimum absolute atomic E-state index is 0.178. The maximum absolute atomic E-state index is 12.5. The molecule has 0 aliphatic rings. The topological polar surface area (TPSA) is 64.1 Å². The van der Waals surface area contributed by atoms with Crippen molar-refractivity contribution in [3.05, 3.63) is 82.1 Å². The third-order valence-corrected chi connectivity index (χ3v) is 5.35. The van der Waals surface area contributed by atoms with Gasteiger partial charge in [-0.05, 0) is 35.7 Å². The van der Waals surface area contributed by atoms with Crippen LogP contribution in [0, 0.1) is 6.92 Å². The minimum atomic E-state index is -0.332. The Bertz CT molecular complexity index is 964. The van der Waals surface area contributed by atoms with E-state index in [2.05, 4.69) is 34.3 Å². The summed E-state index contributed by atoms with van der Waals surface area (Å²) in [5.74, 6) is 1.16. The summed E-state index contributed by atoms with van der Waals surface area (Å²) in [6.07, 6.45) is 1.47. The molecule has 0 radical (unpaired) electrons. The minimum Gasteiger partial charge on any atom is -0.497 e. The number of carbonyl (C=O) groups excluding carboxylic acids is 1. The number of hydrogen-bond acceptors (Lipinski definition) is 5. The third kappa shape index (κ3) is 5.24. The van der Waals surface area contributed by atoms with E-state index in [1.165, 1.54) is 29.1 Å². The highest BCUT2D eigenvalue weighted by Gasteiger charge is 2.14. The maximum Gasteiger partial charge on any atom is 0.271 e. The lowest BCUT2D eigenvalue weighted by Crippen LogP contribution is -2.24. The van der Waals surface area contributed by atoms with Gasteiger partial charge in [0.25, 0.3) is 5.91 Å². The molecule has 0 aliphatic carbocycles. The molecule has 0 saturated heterocycles. The SMILES string of the molecule is COc1ccc(CNC(=O)c2nc(SCc3ccccc3C)ncc2Cl)cc1. The van der Waals surface area contributed by atoms with Crippen LogP contribution in [0.4, 0.5) is 0 Å². The van der Waals surface area contributed by atoms with Crippen molar-refractivity contribution in [2.45, 2.75) is 24.4 Å². The van der Waals surface area contributed by atoms with Crippen molar-refractivity contribution in [1.82, 2.24) is 15.3 Å². The number of nitrogens with zero attached hydrogens (tertiary/aromatic N) is 2. The summed E-state index contributed by atoms with van der Waals surface area (Å²) < 4.78 is 5.13. The second kappa shape index (κ2) is 9.57. The third-order valence-electron chi connectivity index (χ3n) is 4.17. The first-order valence-corrected chi connectivity index (χ1v) is 10.0. The molecule has 1 N–H and O–H groups in total. The van der Waals surface area contributed by atoms with Crippen molar-refractivity contribution < 1.29 is 9.53 Å². The van der Waals surface area contributed by atoms with Crippen LogP contribution in [-0.2, 0) is 12.3 Å². The Morgan fingerprint density at radius 2 is 1.93 bits per heavy atom. The van der Waals surface area contributed by atoms with Crippen LogP contribution in [0.2, 0.25) is 5.02 Å². The van der Waals surface area contributed by atoms with E-state index in [1.54, 1.807) is 7.11 Å². The Kier molecular flexibility index (Phi) is 6.90. The zero-order valence-electron chi connectivity index (χ0n) is 15.6. The molecule has 1 amide bonds. The standard InChI is InChI=1S/C21H20ClN3O2S/c1-14-5-3-4-6-16(14)13-28-21-24-12-18(22)19(25-21)20(26)23-11-15-7-9-17(27-2)10-8-15/h3-10,12H,11,13H2,1-2H3,(H,23,26). The van der Waals surface area contributed by atoms with E-state index >= 15 is 0 Å². The van der Waals surface area contributed by atoms with Crippen molar-refractivity contribution in [3.63, 3.8) is 0 Å². The number of amides is 1. The molecule has 3 aromatic rings. The average Bonchev–Trinajstić information content (AvgIpc) is 2.72. The fourth-order valence-electron chi connectivity index (χ4n) is 2.50. The van der Waals surface area contributed by atoms with Crippen LogP contribution in [0.3, 0.4) is 0 Å². The van der Waals surface area contributed by atoms with Crippen LogP contribution in [0.15, 0.2) is 59.9 Å². The van der Waals surface area contributed by atoms with E-state index in [9.17, 15) is 4.79 Å². The van der Waals surface area contributed by atoms with Gasteiger partial charge in [-0.15, -0.1) is 0 Å². The van der Waals surface area contributed by atoms with Crippen molar-refractivity contribution in [3.8, 4) is 5.75 Å². The molecule has 1 heterocycles. The van der Waals surface area contributed by atoms with Gasteiger partial charge < -0.3 is 10.1 Å². The van der Waals surface area contributed by atoms with Gasteiger partial charge >= 0.3 is 0 Å². The van der Waals surface area contributed by atoms with Gasteiger partial charge in [-0.1, -0.05) is 59.8 Å². The summed E-state index contributed by atoms with van der Waals surface area (Å²) >= 11 is 7.61. The van der Waals surface area contributed by atoms with Gasteiger partial charge in [0.05, 0.1) is 18.3 Å². The summed E-state index contributed by atoms with van der Waals surface area (Å²) in [5.41, 5.74) is 3.55. The molecular weight excluding hydrogens is 394 g/mol. The number of aromatic nitrogens is 2. The number of aryl methyl sites for hydroxylation is 1. The summed E-state index contributed by atoms with van der Waals surface area (Å²) in [4.78, 5) is 21.1. The largest absolute Gasteiger partial charge is 0.497 e. The molecular formula is C21H20ClN3O2S. The summed E-state index contributed by atoms with van der Waals surface area (Å²) in [7, 11) is 1.61. The number of rotatable bonds is 7. The zero-order valence-corrected chi connectivity index (χ0v) is 17.2. The van der Waals surface area contributed by atoms with Gasteiger partial charge in [-0.3, -0.25) is 4.79 Å². The average molecular weight is 414 g/mol. The predicted molar refractivity (Wildman–Crippen MR) is 112 cm³/mol. The first kappa shape index (κ1) is 20.2. The molecule has 1 aromatic heterocycles. The Balaban J connectivity index is 1.64. The predicted octanol–water partition coefficient (Wildman–Crippen LogP) is 4.67. The van der Waals surface area contributed by atoms with E-state index in [4.69, 9.17) is 16.3 Å². The first-order valence-electron chi connectivity index (χ1n) is 8.68. The van der Waals surface area contributed by atoms with Crippen molar-refractivity contribution in [1.29, 1.82) is 0 Å². The summed E-state index contributed by atoms with van der Waals surface area (Å²) in [5, 5.41) is 3.59. The highest BCUT2D eigenvalue weighted by atomic mass is 35.5. The number of halogens is 1. The van der Waals surface area contributed by atoms with Gasteiger partial charge in [-0.2, -0.15) is 0 Å². The molecule has 28 heavy (non-hydrogen) atoms. The number of benzene rings is 2. The number of thioether (sulfide) groups is 1. The quantitative estimate of drug-likeness (QED) is 0.450. The van der Waals surface area contributed by atoms with Gasteiger partial charge in [-0.25, -0.2) is 9.97 Å². The molecule has 2 aromatic carbocycles. The number of methoxy groups -OCH3 is 1. The molecule has 5 nitrogen and oxygen atoms in total. The second-order valence-electron chi connectivity index (χ2n) is 6.10. The van der Waals surface area contributed by atoms with Crippen LogP contribution < -0.4 is 10.1 Å². The molecule has 3 rings (SSSR count). The molecule has 0 aliphatic heterocycles. The fourth-order valence-corrected chi connectivity index (χ4v) is 3.57. The second-order valence-corrected chi connectivity index (χ2v) is 7.44. The normalized spacial score (nSPS) is 10.5. The smallest absolute Gasteiger partial charge is 0.271 e. The van der Waals surface area contributed by atoms with E-state index in [-0.39, 0.29) is 16.6 Å². The zero-order chi connectivity index (χ0) is 19.9. The highest BCUT2D eigenvalue weighted by molar-refractivity contribution is 7.98. The monoisotopic (exact) mass is 413 g/mol. The Labute approximate surface area is 173 Å². The molecule has 0 unspecified atom stereocenters. The molecule has 0 bridgehead atoms. The van der Waals surface area contributed by atoms with Crippen LogP contribution in [-0.4, -0.2) is 23.0 Å². The Hall–Kier alpha value is -2.57. The van der Waals surface area contributed by atoms with Gasteiger partial charge in [0.1, 0.15) is 5.75 Å². The van der Waals surface area contributed by atoms with Crippen LogP contribution in [0.1, 0.15) is 27.2 Å². The number of nitrogens with one attached hydrogen (secondary N) is 1. The lowest BCUT2D eigenvalue weighted by atomic mass is 10.1. The van der Waals surface area contributed by atoms with Crippen LogP contribution in [0.5, 0.6) is 5.75 Å². The Morgan fingerprint density at radius 1 is 1.18 bits per heavy atom. The maximum atomic E-state index is 12.5. The molecule has 0 fully saturated rings. The van der Waals surface area contributed by atoms with Crippen LogP contribution >= 0.6 is 23.4 Å². The molecule has 0 spiro atoms. The van der Waals surface area contributed by atoms with Crippen molar-refractivity contribution in [2.75, 3.05) is 7.11 Å². The molecule has 7 heteroatoms. The summed E-state index contributed by atoms with van der Waals surface area (Å²) in [6, 6.07) is 15.6. The van der Waals surface area contributed by atoms with Gasteiger partial charge in [0, 0.05) is 12.3 Å². The number of hydrogen-bond donors (Lipinski definition) is 1. The number of carbonyl (C=O) groups is 1. The lowest BCUT2D eigenvalue weighted by molar-refractivity contribution is 0.0945. The molecule has 0 atom stereocenters. The van der Waals surface area contributed by atoms with E-state index in [0.29, 0.717) is 11.7 Å². The first-order chi connectivity index (χ1) is 13.6. The van der Waals surface area contributed by atoms with E-state index < -0.39 is 0 Å².